The van der Waals surface area contributed by atoms with Crippen LogP contribution in [-0.2, 0) is 50.4 Å². The summed E-state index contributed by atoms with van der Waals surface area (Å²) in [7, 11) is 0. The number of thioether (sulfide) groups is 1. The van der Waals surface area contributed by atoms with Crippen molar-refractivity contribution in [3.8, 4) is 5.75 Å². The van der Waals surface area contributed by atoms with Crippen molar-refractivity contribution in [2.45, 2.75) is 90.1 Å². The van der Waals surface area contributed by atoms with Crippen LogP contribution in [0.4, 0.5) is 0 Å². The van der Waals surface area contributed by atoms with E-state index in [-0.39, 0.29) is 50.9 Å². The van der Waals surface area contributed by atoms with Gasteiger partial charge < -0.3 is 25.4 Å². The topological polar surface area (TPSA) is 173 Å². The van der Waals surface area contributed by atoms with E-state index in [1.54, 1.807) is 16.7 Å². The van der Waals surface area contributed by atoms with Gasteiger partial charge in [-0.2, -0.15) is 11.8 Å². The minimum Gasteiger partial charge on any atom is 0 e. The van der Waals surface area contributed by atoms with E-state index in [0.29, 0.717) is 42.5 Å². The second-order valence-corrected chi connectivity index (χ2v) is 14.0. The van der Waals surface area contributed by atoms with Crippen molar-refractivity contribution in [3.63, 3.8) is 0 Å². The summed E-state index contributed by atoms with van der Waals surface area (Å²) in [5, 5.41) is 35.0. The number of hydrogen-bond acceptors (Lipinski definition) is 7. The molecular formula is C35H49N2O8ReS-. The van der Waals surface area contributed by atoms with Crippen LogP contribution in [0.3, 0.4) is 0 Å². The smallest absolute Gasteiger partial charge is 0 e. The molecular weight excluding hydrogens is 795 g/mol. The van der Waals surface area contributed by atoms with Gasteiger partial charge in [-0.25, -0.2) is 0 Å². The van der Waals surface area contributed by atoms with Crippen LogP contribution in [0.1, 0.15) is 88.7 Å². The van der Waals surface area contributed by atoms with Crippen LogP contribution in [0, 0.1) is 43.1 Å². The summed E-state index contributed by atoms with van der Waals surface area (Å²) in [6.07, 6.45) is 10.5. The molecule has 2 saturated carbocycles. The Morgan fingerprint density at radius 2 is 1.74 bits per heavy atom. The fraction of sp³-hybridized carbons (Fsp3) is 0.686. The first-order valence-electron chi connectivity index (χ1n) is 16.1. The van der Waals surface area contributed by atoms with Crippen LogP contribution in [0.5, 0.6) is 5.75 Å². The summed E-state index contributed by atoms with van der Waals surface area (Å²) in [5.74, 6) is 3.13. The van der Waals surface area contributed by atoms with Gasteiger partial charge in [0.25, 0.3) is 0 Å². The minimum absolute atomic E-state index is 0. The zero-order valence-corrected chi connectivity index (χ0v) is 31.0. The molecule has 10 nitrogen and oxygen atoms in total. The fourth-order valence-electron chi connectivity index (χ4n) is 8.14. The third-order valence-corrected chi connectivity index (χ3v) is 11.0. The van der Waals surface area contributed by atoms with Gasteiger partial charge in [0.2, 0.25) is 5.91 Å². The summed E-state index contributed by atoms with van der Waals surface area (Å²) >= 11 is 1.73. The van der Waals surface area contributed by atoms with E-state index in [2.05, 4.69) is 45.2 Å². The van der Waals surface area contributed by atoms with E-state index in [9.17, 15) is 24.9 Å². The molecule has 1 amide bonds. The zero-order valence-electron chi connectivity index (χ0n) is 27.5. The van der Waals surface area contributed by atoms with Crippen LogP contribution in [-0.4, -0.2) is 70.8 Å². The van der Waals surface area contributed by atoms with Gasteiger partial charge in [0, 0.05) is 45.8 Å². The number of aliphatic hydroxyl groups excluding tert-OH is 1. The summed E-state index contributed by atoms with van der Waals surface area (Å²) < 4.78 is 22.5. The normalized spacial score (nSPS) is 24.9. The van der Waals surface area contributed by atoms with Gasteiger partial charge >= 0.3 is 33.9 Å². The molecule has 0 aliphatic heterocycles. The van der Waals surface area contributed by atoms with E-state index in [4.69, 9.17) is 14.0 Å². The number of nitrogens with one attached hydrogen (secondary N) is 1. The number of aliphatic carboxylic acids is 1. The van der Waals surface area contributed by atoms with E-state index >= 15 is 0 Å². The molecule has 3 aliphatic carbocycles. The Kier molecular flexibility index (Phi) is 23.3. The maximum atomic E-state index is 12.4. The number of amides is 1. The van der Waals surface area contributed by atoms with Gasteiger partial charge in [0.1, 0.15) is 5.75 Å². The van der Waals surface area contributed by atoms with E-state index in [0.717, 1.165) is 69.3 Å². The largest absolute Gasteiger partial charge is 0 e. The standard InChI is InChI=1S/C32H50N2O5S.3CO.Re/c1-3-40-17-16-34(21-30(38)39)20-29(37)33-15-7-5-4-6-8-22-18-23-19-24(35)9-10-25(23)26-13-14-32(2)27(31(22)26)11-12-28(32)36;3*1-2;/h9-10,19,22,26-28,31,35-36H,3-8,11-18,20-21H2,1-2H3,(H,33,37)(H,38,39);;;;/p-1/t22?,26?,27?,28-,31?,32-;;;;/m0..../s1. The number of aromatic hydroxyl groups is 1. The molecule has 1 radical (unpaired) electrons. The molecule has 6 atom stereocenters. The van der Waals surface area contributed by atoms with E-state index < -0.39 is 5.97 Å². The van der Waals surface area contributed by atoms with Gasteiger partial charge in [-0.3, -0.25) is 9.69 Å². The molecule has 2 fully saturated rings. The minimum atomic E-state index is -1.15. The first kappa shape index (κ1) is 45.1. The average Bonchev–Trinajstić information content (AvgIpc) is 3.36. The number of aliphatic hydroxyl groups is 1. The number of unbranched alkanes of at least 4 members (excludes halogenated alkanes) is 3. The fourth-order valence-corrected chi connectivity index (χ4v) is 8.81. The van der Waals surface area contributed by atoms with E-state index in [1.807, 2.05) is 12.1 Å². The van der Waals surface area contributed by atoms with Gasteiger partial charge in [-0.05, 0) is 103 Å². The number of carbonyl (C=O) groups is 2. The molecule has 0 saturated heterocycles. The molecule has 0 bridgehead atoms. The number of carboxylic acid groups (broad SMARTS) is 1. The number of benzene rings is 1. The predicted molar refractivity (Wildman–Crippen MR) is 170 cm³/mol. The number of phenols is 1. The van der Waals surface area contributed by atoms with E-state index in [1.165, 1.54) is 17.5 Å². The summed E-state index contributed by atoms with van der Waals surface area (Å²) in [4.78, 5) is 25.0. The van der Waals surface area contributed by atoms with Crippen LogP contribution < -0.4 is 10.4 Å². The van der Waals surface area contributed by atoms with Crippen molar-refractivity contribution in [2.24, 2.45) is 23.2 Å². The van der Waals surface area contributed by atoms with Crippen molar-refractivity contribution in [3.05, 3.63) is 49.3 Å². The monoisotopic (exact) mass is 844 g/mol. The molecule has 1 aromatic rings. The Balaban J connectivity index is 0.00000286. The Morgan fingerprint density at radius 3 is 2.40 bits per heavy atom. The number of fused-ring (bicyclic) bond motifs is 5. The molecule has 0 aromatic heterocycles. The molecule has 261 valence electrons. The second-order valence-electron chi connectivity index (χ2n) is 12.6. The number of nitrogens with zero attached hydrogens (tertiary/aromatic N) is 1. The van der Waals surface area contributed by atoms with Crippen molar-refractivity contribution in [2.75, 3.05) is 37.7 Å². The molecule has 4 rings (SSSR count). The SMILES string of the molecule is CCSCCN(CC(=O)[O-])CC(=O)NCCCCCCC1Cc2cc(O)ccc2C2CC[C@@]3(C)C(CC[C@@H]3O)C12.[C-]#[O+].[C-]#[O+].[C-]#[O+].[Re]. The van der Waals surface area contributed by atoms with Crippen molar-refractivity contribution in [1.82, 2.24) is 10.2 Å². The maximum Gasteiger partial charge on any atom is 0 e. The van der Waals surface area contributed by atoms with Crippen molar-refractivity contribution in [1.29, 1.82) is 0 Å². The van der Waals surface area contributed by atoms with Gasteiger partial charge in [-0.15, -0.1) is 0 Å². The number of phenolic OH excluding ortho intramolecular Hbond substituents is 1. The maximum absolute atomic E-state index is 12.4. The van der Waals surface area contributed by atoms with Gasteiger partial charge in [0.05, 0.1) is 18.6 Å². The first-order valence-corrected chi connectivity index (χ1v) is 17.3. The summed E-state index contributed by atoms with van der Waals surface area (Å²) in [6.45, 7) is 18.9. The van der Waals surface area contributed by atoms with Crippen LogP contribution in [0.2, 0.25) is 0 Å². The Hall–Kier alpha value is -1.89. The molecule has 3 N–H and O–H groups in total. The molecule has 4 unspecified atom stereocenters. The summed E-state index contributed by atoms with van der Waals surface area (Å²) in [6, 6.07) is 5.98. The molecule has 1 aromatic carbocycles. The quantitative estimate of drug-likeness (QED) is 0.138. The Labute approximate surface area is 298 Å². The predicted octanol–water partition coefficient (Wildman–Crippen LogP) is 3.59. The second kappa shape index (κ2) is 24.3. The number of carboxylic acids is 1. The van der Waals surface area contributed by atoms with Crippen LogP contribution in [0.25, 0.3) is 0 Å². The third-order valence-electron chi connectivity index (χ3n) is 10.1. The van der Waals surface area contributed by atoms with Gasteiger partial charge in [0.15, 0.2) is 0 Å². The van der Waals surface area contributed by atoms with Crippen molar-refractivity contribution < 1.29 is 59.3 Å². The molecule has 0 heterocycles. The number of carbonyl (C=O) groups excluding carboxylic acids is 2. The van der Waals surface area contributed by atoms with Gasteiger partial charge in [-0.1, -0.05) is 39.2 Å². The molecule has 3 aliphatic rings. The third kappa shape index (κ3) is 13.2. The Bertz CT molecular complexity index is 1130. The average molecular weight is 844 g/mol. The first-order chi connectivity index (χ1) is 22.2. The van der Waals surface area contributed by atoms with Crippen LogP contribution in [0.15, 0.2) is 18.2 Å². The molecule has 0 spiro atoms. The molecule has 12 heteroatoms. The number of hydrogen-bond donors (Lipinski definition) is 3. The molecule has 47 heavy (non-hydrogen) atoms. The Morgan fingerprint density at radius 1 is 1.06 bits per heavy atom. The van der Waals surface area contributed by atoms with Crippen molar-refractivity contribution >= 4 is 23.6 Å². The number of rotatable bonds is 15. The zero-order chi connectivity index (χ0) is 34.7. The van der Waals surface area contributed by atoms with Crippen LogP contribution >= 0.6 is 11.8 Å². The summed E-state index contributed by atoms with van der Waals surface area (Å²) in [5.41, 5.74) is 2.79.